The van der Waals surface area contributed by atoms with E-state index in [0.717, 1.165) is 59.7 Å². The second-order valence-electron chi connectivity index (χ2n) is 9.66. The normalized spacial score (nSPS) is 14.4. The van der Waals surface area contributed by atoms with Crippen LogP contribution in [0, 0.1) is 18.3 Å². The van der Waals surface area contributed by atoms with Gasteiger partial charge in [-0.3, -0.25) is 9.88 Å². The van der Waals surface area contributed by atoms with Crippen molar-refractivity contribution < 1.29 is 19.3 Å². The third kappa shape index (κ3) is 5.39. The number of aliphatic hydroxyl groups is 1. The summed E-state index contributed by atoms with van der Waals surface area (Å²) in [5, 5.41) is 26.0. The quantitative estimate of drug-likeness (QED) is 0.267. The highest BCUT2D eigenvalue weighted by atomic mass is 35.5. The highest BCUT2D eigenvalue weighted by Gasteiger charge is 2.19. The number of halogens is 1. The van der Waals surface area contributed by atoms with Crippen LogP contribution >= 0.6 is 11.6 Å². The molecule has 0 bridgehead atoms. The fraction of sp³-hybridized carbons (Fsp3) is 0.333. The maximum Gasteiger partial charge on any atom is 0.168 e. The summed E-state index contributed by atoms with van der Waals surface area (Å²) in [5.41, 5.74) is 3.28. The van der Waals surface area contributed by atoms with E-state index in [9.17, 15) is 10.4 Å². The van der Waals surface area contributed by atoms with Gasteiger partial charge in [0, 0.05) is 48.1 Å². The number of benzene rings is 3. The summed E-state index contributed by atoms with van der Waals surface area (Å²) < 4.78 is 17.4. The summed E-state index contributed by atoms with van der Waals surface area (Å²) in [6.45, 7) is 4.97. The lowest BCUT2D eigenvalue weighted by molar-refractivity contribution is 0.0753. The van der Waals surface area contributed by atoms with E-state index in [-0.39, 0.29) is 6.10 Å². The summed E-state index contributed by atoms with van der Waals surface area (Å²) in [6.07, 6.45) is 2.97. The van der Waals surface area contributed by atoms with Gasteiger partial charge in [0.15, 0.2) is 11.5 Å². The van der Waals surface area contributed by atoms with Crippen molar-refractivity contribution in [2.45, 2.75) is 25.9 Å². The van der Waals surface area contributed by atoms with Crippen LogP contribution in [0.3, 0.4) is 0 Å². The van der Waals surface area contributed by atoms with E-state index >= 15 is 0 Å². The average molecular weight is 547 g/mol. The van der Waals surface area contributed by atoms with Crippen LogP contribution in [-0.2, 0) is 0 Å². The zero-order chi connectivity index (χ0) is 27.5. The molecule has 0 spiro atoms. The number of nitrogens with zero attached hydrogens (tertiary/aromatic N) is 3. The zero-order valence-electron chi connectivity index (χ0n) is 22.3. The van der Waals surface area contributed by atoms with Gasteiger partial charge in [-0.1, -0.05) is 11.6 Å². The molecule has 1 aromatic heterocycles. The largest absolute Gasteiger partial charge is 0.496 e. The molecule has 8 nitrogen and oxygen atoms in total. The Balaban J connectivity index is 1.49. The number of nitrogens with one attached hydrogen (secondary N) is 1. The number of anilines is 2. The van der Waals surface area contributed by atoms with Crippen molar-refractivity contribution in [3.63, 3.8) is 0 Å². The minimum Gasteiger partial charge on any atom is -0.496 e. The molecule has 202 valence electrons. The van der Waals surface area contributed by atoms with E-state index in [2.05, 4.69) is 21.3 Å². The second kappa shape index (κ2) is 11.5. The molecule has 1 fully saturated rings. The molecule has 3 aromatic carbocycles. The molecule has 5 rings (SSSR count). The second-order valence-corrected chi connectivity index (χ2v) is 10.1. The Hall–Kier alpha value is -3.77. The summed E-state index contributed by atoms with van der Waals surface area (Å²) >= 11 is 6.54. The van der Waals surface area contributed by atoms with Gasteiger partial charge < -0.3 is 24.6 Å². The molecule has 0 aliphatic carbocycles. The minimum atomic E-state index is -0.192. The number of nitriles is 1. The molecule has 4 aromatic rings. The maximum atomic E-state index is 9.85. The van der Waals surface area contributed by atoms with E-state index in [1.807, 2.05) is 43.3 Å². The molecule has 39 heavy (non-hydrogen) atoms. The first-order valence-corrected chi connectivity index (χ1v) is 13.3. The lowest BCUT2D eigenvalue weighted by Gasteiger charge is -2.29. The topological polar surface area (TPSA) is 99.9 Å². The Kier molecular flexibility index (Phi) is 7.94. The number of likely N-dealkylation sites (tertiary alicyclic amines) is 1. The van der Waals surface area contributed by atoms with Crippen molar-refractivity contribution in [2.75, 3.05) is 45.8 Å². The van der Waals surface area contributed by atoms with Gasteiger partial charge in [-0.25, -0.2) is 0 Å². The lowest BCUT2D eigenvalue weighted by atomic mass is 10.0. The Morgan fingerprint density at radius 2 is 1.82 bits per heavy atom. The molecule has 0 amide bonds. The predicted molar refractivity (Wildman–Crippen MR) is 154 cm³/mol. The first-order valence-electron chi connectivity index (χ1n) is 12.9. The van der Waals surface area contributed by atoms with Crippen LogP contribution in [0.2, 0.25) is 5.02 Å². The van der Waals surface area contributed by atoms with Gasteiger partial charge in [-0.2, -0.15) is 5.26 Å². The molecule has 1 aliphatic heterocycles. The van der Waals surface area contributed by atoms with Gasteiger partial charge in [0.05, 0.1) is 47.8 Å². The van der Waals surface area contributed by atoms with Crippen LogP contribution in [-0.4, -0.2) is 61.6 Å². The van der Waals surface area contributed by atoms with Gasteiger partial charge in [-0.15, -0.1) is 0 Å². The predicted octanol–water partition coefficient (Wildman–Crippen LogP) is 5.82. The molecule has 0 radical (unpaired) electrons. The van der Waals surface area contributed by atoms with Crippen molar-refractivity contribution in [1.82, 2.24) is 9.88 Å². The van der Waals surface area contributed by atoms with Gasteiger partial charge in [0.25, 0.3) is 0 Å². The van der Waals surface area contributed by atoms with Gasteiger partial charge in [0.2, 0.25) is 0 Å². The molecule has 2 heterocycles. The highest BCUT2D eigenvalue weighted by molar-refractivity contribution is 6.33. The van der Waals surface area contributed by atoms with E-state index in [1.54, 1.807) is 20.4 Å². The Morgan fingerprint density at radius 3 is 2.54 bits per heavy atom. The Bertz CT molecular complexity index is 1560. The maximum absolute atomic E-state index is 9.85. The summed E-state index contributed by atoms with van der Waals surface area (Å²) in [7, 11) is 3.24. The monoisotopic (exact) mass is 546 g/mol. The molecule has 9 heteroatoms. The van der Waals surface area contributed by atoms with Crippen LogP contribution in [0.25, 0.3) is 21.7 Å². The number of aromatic nitrogens is 1. The number of aliphatic hydroxyl groups excluding tert-OH is 1. The van der Waals surface area contributed by atoms with E-state index in [4.69, 9.17) is 25.8 Å². The van der Waals surface area contributed by atoms with Crippen molar-refractivity contribution in [3.8, 4) is 23.3 Å². The highest BCUT2D eigenvalue weighted by Crippen LogP contribution is 2.41. The van der Waals surface area contributed by atoms with Gasteiger partial charge in [0.1, 0.15) is 18.4 Å². The van der Waals surface area contributed by atoms with Crippen LogP contribution in [0.1, 0.15) is 24.0 Å². The molecule has 1 aliphatic rings. The minimum absolute atomic E-state index is 0.192. The van der Waals surface area contributed by atoms with Crippen molar-refractivity contribution >= 4 is 44.7 Å². The number of pyridine rings is 1. The summed E-state index contributed by atoms with van der Waals surface area (Å²) in [4.78, 5) is 6.94. The molecule has 0 saturated carbocycles. The van der Waals surface area contributed by atoms with Crippen molar-refractivity contribution in [3.05, 3.63) is 58.7 Å². The molecular formula is C30H31ClN4O4. The smallest absolute Gasteiger partial charge is 0.168 e. The number of rotatable bonds is 8. The first-order chi connectivity index (χ1) is 18.9. The number of methoxy groups -OCH3 is 2. The number of hydrogen-bond acceptors (Lipinski definition) is 8. The number of piperidine rings is 1. The number of fused-ring (bicyclic) bond motifs is 3. The Morgan fingerprint density at radius 1 is 1.08 bits per heavy atom. The number of aryl methyl sites for hydroxylation is 1. The van der Waals surface area contributed by atoms with Gasteiger partial charge >= 0.3 is 0 Å². The van der Waals surface area contributed by atoms with E-state index in [1.165, 1.54) is 0 Å². The third-order valence-corrected chi connectivity index (χ3v) is 7.55. The summed E-state index contributed by atoms with van der Waals surface area (Å²) in [6, 6.07) is 13.6. The zero-order valence-corrected chi connectivity index (χ0v) is 23.0. The van der Waals surface area contributed by atoms with Crippen LogP contribution in [0.5, 0.6) is 17.2 Å². The van der Waals surface area contributed by atoms with Crippen LogP contribution in [0.4, 0.5) is 11.4 Å². The fourth-order valence-corrected chi connectivity index (χ4v) is 5.36. The van der Waals surface area contributed by atoms with Crippen LogP contribution < -0.4 is 19.5 Å². The molecule has 2 N–H and O–H groups in total. The van der Waals surface area contributed by atoms with Crippen molar-refractivity contribution in [2.24, 2.45) is 0 Å². The molecular weight excluding hydrogens is 516 g/mol. The van der Waals surface area contributed by atoms with Gasteiger partial charge in [-0.05, 0) is 55.7 Å². The van der Waals surface area contributed by atoms with Crippen molar-refractivity contribution in [1.29, 1.82) is 5.26 Å². The van der Waals surface area contributed by atoms with Crippen LogP contribution in [0.15, 0.2) is 42.6 Å². The average Bonchev–Trinajstić information content (AvgIpc) is 2.95. The fourth-order valence-electron chi connectivity index (χ4n) is 5.10. The van der Waals surface area contributed by atoms with E-state index in [0.29, 0.717) is 45.8 Å². The first kappa shape index (κ1) is 26.8. The SMILES string of the molecule is COc1cc(Nc2c(C#N)cnc3c2ccc2c(OC)c(OCCN4CCC(O)CC4)ccc23)c(Cl)cc1C. The molecule has 1 saturated heterocycles. The standard InChI is InChI=1S/C30H31ClN4O4/c1-18-14-24(31)25(15-27(18)37-2)34-28-19(16-32)17-33-29-21-6-7-26(30(38-3)22(21)4-5-23(28)29)39-13-12-35-10-8-20(36)9-11-35/h4-7,14-15,17,20,36H,8-13H2,1-3H3,(H,33,34). The summed E-state index contributed by atoms with van der Waals surface area (Å²) in [5.74, 6) is 1.99. The number of ether oxygens (including phenoxy) is 3. The third-order valence-electron chi connectivity index (χ3n) is 7.24. The lowest BCUT2D eigenvalue weighted by Crippen LogP contribution is -2.38. The molecule has 0 atom stereocenters. The van der Waals surface area contributed by atoms with E-state index < -0.39 is 0 Å². The molecule has 0 unspecified atom stereocenters. The Labute approximate surface area is 232 Å². The number of hydrogen-bond donors (Lipinski definition) is 2.